The van der Waals surface area contributed by atoms with Crippen LogP contribution in [0.1, 0.15) is 19.3 Å². The van der Waals surface area contributed by atoms with E-state index in [1.807, 2.05) is 0 Å². The predicted molar refractivity (Wildman–Crippen MR) is 62.6 cm³/mol. The summed E-state index contributed by atoms with van der Waals surface area (Å²) in [7, 11) is 0. The lowest BCUT2D eigenvalue weighted by atomic mass is 10.1. The molecule has 6 heteroatoms. The van der Waals surface area contributed by atoms with Crippen molar-refractivity contribution in [3.63, 3.8) is 0 Å². The van der Waals surface area contributed by atoms with Gasteiger partial charge in [0.2, 0.25) is 5.95 Å². The van der Waals surface area contributed by atoms with Crippen LogP contribution < -0.4 is 16.2 Å². The normalized spacial score (nSPS) is 16.7. The van der Waals surface area contributed by atoms with Crippen LogP contribution in [0.2, 0.25) is 0 Å². The van der Waals surface area contributed by atoms with Crippen LogP contribution >= 0.6 is 12.6 Å². The Hall–Kier alpha value is -1.17. The molecular formula is C9H14N4OS. The molecule has 0 radical (unpaired) electrons. The third-order valence-electron chi connectivity index (χ3n) is 2.56. The molecule has 5 nitrogen and oxygen atoms in total. The molecule has 3 N–H and O–H groups in total. The standard InChI is InChI=1S/C9H14N4OS/c10-7-6(15)8(14)12-9(11-7)13-4-2-1-3-5-13/h15H,1-5H2,(H3,10,11,12,14). The lowest BCUT2D eigenvalue weighted by Crippen LogP contribution is -2.33. The van der Waals surface area contributed by atoms with Gasteiger partial charge in [-0.05, 0) is 19.3 Å². The molecule has 1 fully saturated rings. The second kappa shape index (κ2) is 4.14. The number of thiol groups is 1. The van der Waals surface area contributed by atoms with Gasteiger partial charge in [-0.15, -0.1) is 12.6 Å². The van der Waals surface area contributed by atoms with Gasteiger partial charge in [-0.1, -0.05) is 0 Å². The maximum atomic E-state index is 11.4. The summed E-state index contributed by atoms with van der Waals surface area (Å²) < 4.78 is 0. The molecule has 2 rings (SSSR count). The van der Waals surface area contributed by atoms with Gasteiger partial charge in [-0.2, -0.15) is 4.98 Å². The van der Waals surface area contributed by atoms with E-state index in [0.29, 0.717) is 5.95 Å². The number of nitrogens with two attached hydrogens (primary N) is 1. The molecule has 0 bridgehead atoms. The number of anilines is 2. The molecule has 0 aliphatic carbocycles. The summed E-state index contributed by atoms with van der Waals surface area (Å²) in [6, 6.07) is 0. The van der Waals surface area contributed by atoms with Crippen molar-refractivity contribution in [1.82, 2.24) is 9.97 Å². The van der Waals surface area contributed by atoms with Crippen LogP contribution in [0.3, 0.4) is 0 Å². The van der Waals surface area contributed by atoms with Gasteiger partial charge in [0.1, 0.15) is 10.7 Å². The lowest BCUT2D eigenvalue weighted by molar-refractivity contribution is 0.567. The van der Waals surface area contributed by atoms with E-state index in [2.05, 4.69) is 27.5 Å². The van der Waals surface area contributed by atoms with Gasteiger partial charge in [-0.25, -0.2) is 0 Å². The highest BCUT2D eigenvalue weighted by Gasteiger charge is 2.14. The molecule has 0 unspecified atom stereocenters. The minimum Gasteiger partial charge on any atom is -0.382 e. The molecule has 1 aliphatic heterocycles. The van der Waals surface area contributed by atoms with Crippen LogP contribution in [-0.2, 0) is 0 Å². The van der Waals surface area contributed by atoms with E-state index in [1.165, 1.54) is 6.42 Å². The van der Waals surface area contributed by atoms with Crippen LogP contribution in [0, 0.1) is 0 Å². The summed E-state index contributed by atoms with van der Waals surface area (Å²) >= 11 is 3.97. The van der Waals surface area contributed by atoms with E-state index in [9.17, 15) is 4.79 Å². The average molecular weight is 226 g/mol. The summed E-state index contributed by atoms with van der Waals surface area (Å²) in [6.07, 6.45) is 3.50. The minimum atomic E-state index is -0.272. The predicted octanol–water partition coefficient (Wildman–Crippen LogP) is 0.631. The number of hydrogen-bond acceptors (Lipinski definition) is 5. The van der Waals surface area contributed by atoms with Gasteiger partial charge in [0, 0.05) is 13.1 Å². The van der Waals surface area contributed by atoms with Crippen molar-refractivity contribution in [2.24, 2.45) is 0 Å². The van der Waals surface area contributed by atoms with Gasteiger partial charge in [0.25, 0.3) is 5.56 Å². The van der Waals surface area contributed by atoms with Crippen LogP contribution in [0.25, 0.3) is 0 Å². The number of nitrogen functional groups attached to an aromatic ring is 1. The molecule has 1 aromatic rings. The average Bonchev–Trinajstić information content (AvgIpc) is 2.26. The number of piperidine rings is 1. The van der Waals surface area contributed by atoms with E-state index in [4.69, 9.17) is 5.73 Å². The monoisotopic (exact) mass is 226 g/mol. The first-order valence-corrected chi connectivity index (χ1v) is 5.47. The number of nitrogens with zero attached hydrogens (tertiary/aromatic N) is 2. The zero-order valence-corrected chi connectivity index (χ0v) is 9.26. The molecule has 15 heavy (non-hydrogen) atoms. The molecule has 1 aliphatic rings. The summed E-state index contributed by atoms with van der Waals surface area (Å²) in [5, 5.41) is 0. The Labute approximate surface area is 93.1 Å². The third-order valence-corrected chi connectivity index (χ3v) is 3.00. The molecule has 1 saturated heterocycles. The quantitative estimate of drug-likeness (QED) is 0.614. The van der Waals surface area contributed by atoms with Crippen LogP contribution in [0.15, 0.2) is 9.69 Å². The van der Waals surface area contributed by atoms with Crippen LogP contribution in [0.5, 0.6) is 0 Å². The van der Waals surface area contributed by atoms with Gasteiger partial charge in [-0.3, -0.25) is 9.78 Å². The molecule has 82 valence electrons. The van der Waals surface area contributed by atoms with E-state index >= 15 is 0 Å². The van der Waals surface area contributed by atoms with Crippen molar-refractivity contribution in [3.8, 4) is 0 Å². The fraction of sp³-hybridized carbons (Fsp3) is 0.556. The molecule has 0 amide bonds. The Kier molecular flexibility index (Phi) is 2.86. The van der Waals surface area contributed by atoms with E-state index < -0.39 is 0 Å². The maximum absolute atomic E-state index is 11.4. The number of H-pyrrole nitrogens is 1. The zero-order chi connectivity index (χ0) is 10.8. The lowest BCUT2D eigenvalue weighted by Gasteiger charge is -2.27. The Bertz CT molecular complexity index is 411. The highest BCUT2D eigenvalue weighted by Crippen LogP contribution is 2.17. The summed E-state index contributed by atoms with van der Waals surface area (Å²) in [5.74, 6) is 0.762. The SMILES string of the molecule is Nc1nc(N2CCCCC2)[nH]c(=O)c1S. The zero-order valence-electron chi connectivity index (χ0n) is 8.36. The van der Waals surface area contributed by atoms with E-state index in [-0.39, 0.29) is 16.3 Å². The van der Waals surface area contributed by atoms with Crippen LogP contribution in [-0.4, -0.2) is 23.1 Å². The van der Waals surface area contributed by atoms with Crippen molar-refractivity contribution >= 4 is 24.4 Å². The first-order chi connectivity index (χ1) is 7.18. The first-order valence-electron chi connectivity index (χ1n) is 5.02. The van der Waals surface area contributed by atoms with Gasteiger partial charge >= 0.3 is 0 Å². The smallest absolute Gasteiger partial charge is 0.267 e. The topological polar surface area (TPSA) is 75.0 Å². The maximum Gasteiger partial charge on any atom is 0.267 e. The number of aromatic nitrogens is 2. The second-order valence-corrected chi connectivity index (χ2v) is 4.12. The largest absolute Gasteiger partial charge is 0.382 e. The van der Waals surface area contributed by atoms with Crippen molar-refractivity contribution in [3.05, 3.63) is 10.4 Å². The number of nitrogens with one attached hydrogen (secondary N) is 1. The fourth-order valence-corrected chi connectivity index (χ4v) is 1.83. The Morgan fingerprint density at radius 2 is 2.00 bits per heavy atom. The fourth-order valence-electron chi connectivity index (χ4n) is 1.73. The Morgan fingerprint density at radius 3 is 2.60 bits per heavy atom. The second-order valence-electron chi connectivity index (χ2n) is 3.67. The van der Waals surface area contributed by atoms with Crippen molar-refractivity contribution < 1.29 is 0 Å². The minimum absolute atomic E-state index is 0.191. The van der Waals surface area contributed by atoms with Gasteiger partial charge < -0.3 is 10.6 Å². The molecule has 0 saturated carbocycles. The van der Waals surface area contributed by atoms with Crippen molar-refractivity contribution in [2.75, 3.05) is 23.7 Å². The number of hydrogen-bond donors (Lipinski definition) is 3. The molecule has 1 aromatic heterocycles. The van der Waals surface area contributed by atoms with E-state index in [0.717, 1.165) is 25.9 Å². The molecule has 2 heterocycles. The summed E-state index contributed by atoms with van der Waals surface area (Å²) in [4.78, 5) is 20.5. The Morgan fingerprint density at radius 1 is 1.33 bits per heavy atom. The Balaban J connectivity index is 2.32. The van der Waals surface area contributed by atoms with Crippen molar-refractivity contribution in [2.45, 2.75) is 24.2 Å². The van der Waals surface area contributed by atoms with E-state index in [1.54, 1.807) is 0 Å². The summed E-state index contributed by atoms with van der Waals surface area (Å²) in [5.41, 5.74) is 5.32. The molecule has 0 aromatic carbocycles. The molecular weight excluding hydrogens is 212 g/mol. The van der Waals surface area contributed by atoms with Crippen molar-refractivity contribution in [1.29, 1.82) is 0 Å². The third kappa shape index (κ3) is 2.09. The summed E-state index contributed by atoms with van der Waals surface area (Å²) in [6.45, 7) is 1.85. The van der Waals surface area contributed by atoms with Gasteiger partial charge in [0.05, 0.1) is 0 Å². The van der Waals surface area contributed by atoms with Gasteiger partial charge in [0.15, 0.2) is 0 Å². The number of rotatable bonds is 1. The number of aromatic amines is 1. The highest BCUT2D eigenvalue weighted by molar-refractivity contribution is 7.80. The first kappa shape index (κ1) is 10.4. The van der Waals surface area contributed by atoms with Crippen LogP contribution in [0.4, 0.5) is 11.8 Å². The molecule has 0 spiro atoms. The molecule has 0 atom stereocenters. The highest BCUT2D eigenvalue weighted by atomic mass is 32.1.